The minimum atomic E-state index is -1.21. The van der Waals surface area contributed by atoms with E-state index in [1.807, 2.05) is 28.7 Å². The van der Waals surface area contributed by atoms with Crippen LogP contribution in [0.25, 0.3) is 0 Å². The number of carbonyl (C=O) groups is 1. The Bertz CT molecular complexity index is 772. The van der Waals surface area contributed by atoms with Gasteiger partial charge in [0.05, 0.1) is 5.69 Å². The molecule has 0 saturated carbocycles. The number of rotatable bonds is 3. The predicted molar refractivity (Wildman–Crippen MR) is 83.0 cm³/mol. The number of aromatic carboxylic acids is 1. The Morgan fingerprint density at radius 3 is 2.76 bits per heavy atom. The van der Waals surface area contributed by atoms with Crippen LogP contribution in [0.2, 0.25) is 0 Å². The van der Waals surface area contributed by atoms with Gasteiger partial charge >= 0.3 is 5.97 Å². The van der Waals surface area contributed by atoms with Crippen molar-refractivity contribution < 1.29 is 14.3 Å². The molecule has 0 atom stereocenters. The van der Waals surface area contributed by atoms with Crippen molar-refractivity contribution in [1.29, 1.82) is 5.26 Å². The van der Waals surface area contributed by atoms with Crippen LogP contribution in [-0.4, -0.2) is 16.1 Å². The van der Waals surface area contributed by atoms with Crippen molar-refractivity contribution in [2.24, 2.45) is 0 Å². The zero-order chi connectivity index (χ0) is 15.6. The molecule has 0 radical (unpaired) electrons. The van der Waals surface area contributed by atoms with Crippen molar-refractivity contribution in [3.63, 3.8) is 0 Å². The van der Waals surface area contributed by atoms with Crippen LogP contribution in [-0.2, 0) is 0 Å². The number of aromatic nitrogens is 1. The number of hydrogen-bond acceptors (Lipinski definition) is 4. The second-order valence-electron chi connectivity index (χ2n) is 4.22. The van der Waals surface area contributed by atoms with E-state index in [1.54, 1.807) is 13.0 Å². The molecule has 21 heavy (non-hydrogen) atoms. The molecule has 0 saturated heterocycles. The lowest BCUT2D eigenvalue weighted by Crippen LogP contribution is -2.08. The molecule has 0 amide bonds. The largest absolute Gasteiger partial charge is 0.478 e. The molecule has 7 heteroatoms. The van der Waals surface area contributed by atoms with Gasteiger partial charge < -0.3 is 10.4 Å². The molecule has 0 aliphatic heterocycles. The van der Waals surface area contributed by atoms with Crippen LogP contribution in [0, 0.1) is 27.6 Å². The summed E-state index contributed by atoms with van der Waals surface area (Å²) in [5, 5.41) is 20.8. The number of anilines is 2. The molecule has 0 aliphatic carbocycles. The van der Waals surface area contributed by atoms with Crippen molar-refractivity contribution in [1.82, 2.24) is 4.98 Å². The average molecular weight is 397 g/mol. The summed E-state index contributed by atoms with van der Waals surface area (Å²) in [7, 11) is 0. The van der Waals surface area contributed by atoms with Gasteiger partial charge in [0.2, 0.25) is 0 Å². The highest BCUT2D eigenvalue weighted by Crippen LogP contribution is 2.24. The van der Waals surface area contributed by atoms with Crippen molar-refractivity contribution in [2.45, 2.75) is 6.92 Å². The molecule has 2 aromatic rings. The highest BCUT2D eigenvalue weighted by molar-refractivity contribution is 14.1. The van der Waals surface area contributed by atoms with E-state index in [2.05, 4.69) is 10.3 Å². The maximum Gasteiger partial charge on any atom is 0.339 e. The predicted octanol–water partition coefficient (Wildman–Crippen LogP) is 3.45. The fraction of sp³-hybridized carbons (Fsp3) is 0.0714. The molecule has 0 spiro atoms. The molecule has 2 N–H and O–H groups in total. The third-order valence-electron chi connectivity index (χ3n) is 2.73. The second kappa shape index (κ2) is 6.05. The van der Waals surface area contributed by atoms with E-state index >= 15 is 0 Å². The van der Waals surface area contributed by atoms with E-state index < -0.39 is 11.8 Å². The molecule has 106 valence electrons. The van der Waals surface area contributed by atoms with Gasteiger partial charge in [-0.2, -0.15) is 5.26 Å². The molecular formula is C14H9FIN3O2. The summed E-state index contributed by atoms with van der Waals surface area (Å²) in [5.74, 6) is -1.80. The Hall–Kier alpha value is -2.21. The third kappa shape index (κ3) is 3.28. The van der Waals surface area contributed by atoms with Crippen LogP contribution in [0.1, 0.15) is 21.6 Å². The van der Waals surface area contributed by atoms with Gasteiger partial charge in [0.1, 0.15) is 29.0 Å². The fourth-order valence-electron chi connectivity index (χ4n) is 1.70. The number of carboxylic acid groups (broad SMARTS) is 1. The van der Waals surface area contributed by atoms with Crippen molar-refractivity contribution in [3.8, 4) is 6.07 Å². The highest BCUT2D eigenvalue weighted by Gasteiger charge is 2.16. The maximum absolute atomic E-state index is 13.8. The van der Waals surface area contributed by atoms with Crippen LogP contribution in [0.15, 0.2) is 24.3 Å². The van der Waals surface area contributed by atoms with Crippen LogP contribution in [0.3, 0.4) is 0 Å². The van der Waals surface area contributed by atoms with Crippen LogP contribution >= 0.6 is 22.6 Å². The van der Waals surface area contributed by atoms with Gasteiger partial charge in [-0.15, -0.1) is 0 Å². The summed E-state index contributed by atoms with van der Waals surface area (Å²) in [4.78, 5) is 15.2. The number of benzene rings is 1. The standard InChI is InChI=1S/C14H9FIN3O2/c1-7-4-9(14(20)21)13(19-12(7)6-17)18-11-3-2-8(16)5-10(11)15/h2-5H,1H3,(H,18,19)(H,20,21). The van der Waals surface area contributed by atoms with Crippen LogP contribution < -0.4 is 5.32 Å². The molecule has 0 unspecified atom stereocenters. The summed E-state index contributed by atoms with van der Waals surface area (Å²) in [6.45, 7) is 1.59. The van der Waals surface area contributed by atoms with Gasteiger partial charge in [0.15, 0.2) is 0 Å². The SMILES string of the molecule is Cc1cc(C(=O)O)c(Nc2ccc(I)cc2F)nc1C#N. The number of pyridine rings is 1. The maximum atomic E-state index is 13.8. The third-order valence-corrected chi connectivity index (χ3v) is 3.40. The highest BCUT2D eigenvalue weighted by atomic mass is 127. The van der Waals surface area contributed by atoms with E-state index in [0.717, 1.165) is 0 Å². The number of nitrogens with one attached hydrogen (secondary N) is 1. The van der Waals surface area contributed by atoms with Gasteiger partial charge in [-0.3, -0.25) is 0 Å². The molecule has 0 aliphatic rings. The summed E-state index contributed by atoms with van der Waals surface area (Å²) in [5.41, 5.74) is 0.513. The zero-order valence-corrected chi connectivity index (χ0v) is 13.0. The number of nitrogens with zero attached hydrogens (tertiary/aromatic N) is 2. The topological polar surface area (TPSA) is 86.0 Å². The zero-order valence-electron chi connectivity index (χ0n) is 10.8. The van der Waals surface area contributed by atoms with Crippen molar-refractivity contribution in [3.05, 3.63) is 50.5 Å². The Morgan fingerprint density at radius 1 is 1.48 bits per heavy atom. The Kier molecular flexibility index (Phi) is 4.37. The Labute approximate surface area is 133 Å². The first-order chi connectivity index (χ1) is 9.92. The molecule has 1 heterocycles. The monoisotopic (exact) mass is 397 g/mol. The minimum Gasteiger partial charge on any atom is -0.478 e. The molecule has 0 bridgehead atoms. The molecular weight excluding hydrogens is 388 g/mol. The quantitative estimate of drug-likeness (QED) is 0.776. The smallest absolute Gasteiger partial charge is 0.339 e. The lowest BCUT2D eigenvalue weighted by atomic mass is 10.1. The first-order valence-corrected chi connectivity index (χ1v) is 6.87. The Morgan fingerprint density at radius 2 is 2.19 bits per heavy atom. The van der Waals surface area contributed by atoms with E-state index in [0.29, 0.717) is 9.13 Å². The summed E-state index contributed by atoms with van der Waals surface area (Å²) in [6.07, 6.45) is 0. The van der Waals surface area contributed by atoms with Gasteiger partial charge in [0, 0.05) is 3.57 Å². The normalized spacial score (nSPS) is 10.0. The van der Waals surface area contributed by atoms with Gasteiger partial charge in [-0.1, -0.05) is 0 Å². The van der Waals surface area contributed by atoms with Crippen LogP contribution in [0.4, 0.5) is 15.9 Å². The first kappa shape index (κ1) is 15.2. The number of hydrogen-bond donors (Lipinski definition) is 2. The van der Waals surface area contributed by atoms with Crippen LogP contribution in [0.5, 0.6) is 0 Å². The Balaban J connectivity index is 2.52. The van der Waals surface area contributed by atoms with Gasteiger partial charge in [-0.25, -0.2) is 14.2 Å². The molecule has 1 aromatic carbocycles. The van der Waals surface area contributed by atoms with Crippen molar-refractivity contribution >= 4 is 40.1 Å². The molecule has 1 aromatic heterocycles. The average Bonchev–Trinajstić information content (AvgIpc) is 2.42. The van der Waals surface area contributed by atoms with Crippen molar-refractivity contribution in [2.75, 3.05) is 5.32 Å². The number of aryl methyl sites for hydroxylation is 1. The lowest BCUT2D eigenvalue weighted by molar-refractivity contribution is 0.0697. The second-order valence-corrected chi connectivity index (χ2v) is 5.46. The summed E-state index contributed by atoms with van der Waals surface area (Å²) < 4.78 is 14.5. The minimum absolute atomic E-state index is 0.0650. The number of carboxylic acids is 1. The van der Waals surface area contributed by atoms with E-state index in [9.17, 15) is 14.3 Å². The van der Waals surface area contributed by atoms with Gasteiger partial charge in [-0.05, 0) is 59.3 Å². The summed E-state index contributed by atoms with van der Waals surface area (Å²) >= 11 is 1.97. The molecule has 0 fully saturated rings. The van der Waals surface area contributed by atoms with E-state index in [4.69, 9.17) is 5.26 Å². The molecule has 2 rings (SSSR count). The van der Waals surface area contributed by atoms with E-state index in [-0.39, 0.29) is 22.8 Å². The first-order valence-electron chi connectivity index (χ1n) is 5.79. The lowest BCUT2D eigenvalue weighted by Gasteiger charge is -2.11. The molecule has 5 nitrogen and oxygen atoms in total. The number of halogens is 2. The number of nitriles is 1. The summed E-state index contributed by atoms with van der Waals surface area (Å²) in [6, 6.07) is 7.67. The van der Waals surface area contributed by atoms with E-state index in [1.165, 1.54) is 18.2 Å². The fourth-order valence-corrected chi connectivity index (χ4v) is 2.16. The van der Waals surface area contributed by atoms with Gasteiger partial charge in [0.25, 0.3) is 0 Å².